The number of hydrogen-bond acceptors (Lipinski definition) is 6. The molecule has 1 amide bonds. The van der Waals surface area contributed by atoms with Gasteiger partial charge in [0.05, 0.1) is 6.54 Å². The van der Waals surface area contributed by atoms with Gasteiger partial charge in [-0.1, -0.05) is 0 Å². The van der Waals surface area contributed by atoms with Crippen LogP contribution in [0.15, 0.2) is 27.4 Å². The molecule has 0 saturated carbocycles. The summed E-state index contributed by atoms with van der Waals surface area (Å²) in [5.41, 5.74) is 1.56. The Hall–Kier alpha value is -2.38. The highest BCUT2D eigenvalue weighted by molar-refractivity contribution is 5.84. The Morgan fingerprint density at radius 3 is 2.46 bits per heavy atom. The lowest BCUT2D eigenvalue weighted by molar-refractivity contribution is -0.131. The van der Waals surface area contributed by atoms with E-state index in [1.807, 2.05) is 4.90 Å². The number of carbonyl (C=O) groups is 1. The first-order valence-electron chi connectivity index (χ1n) is 9.99. The second-order valence-electron chi connectivity index (χ2n) is 7.82. The maximum absolute atomic E-state index is 12.3. The van der Waals surface area contributed by atoms with Crippen LogP contribution in [0.5, 0.6) is 5.75 Å². The quantitative estimate of drug-likeness (QED) is 0.805. The zero-order chi connectivity index (χ0) is 19.7. The summed E-state index contributed by atoms with van der Waals surface area (Å²) in [6.07, 6.45) is 2.24. The summed E-state index contributed by atoms with van der Waals surface area (Å²) in [7, 11) is 0. The van der Waals surface area contributed by atoms with Crippen LogP contribution in [0.25, 0.3) is 11.0 Å². The molecule has 3 heterocycles. The minimum absolute atomic E-state index is 0.129. The van der Waals surface area contributed by atoms with Crippen LogP contribution in [0.3, 0.4) is 0 Å². The molecule has 0 unspecified atom stereocenters. The third kappa shape index (κ3) is 3.91. The van der Waals surface area contributed by atoms with Gasteiger partial charge in [0.25, 0.3) is 0 Å². The molecule has 2 aromatic rings. The van der Waals surface area contributed by atoms with Crippen LogP contribution in [0.4, 0.5) is 0 Å². The van der Waals surface area contributed by atoms with Gasteiger partial charge >= 0.3 is 5.63 Å². The van der Waals surface area contributed by atoms with Crippen LogP contribution in [-0.4, -0.2) is 71.5 Å². The summed E-state index contributed by atoms with van der Waals surface area (Å²) in [5.74, 6) is 0.372. The molecule has 2 fully saturated rings. The largest absolute Gasteiger partial charge is 0.508 e. The number of fused-ring (bicyclic) bond motifs is 1. The van der Waals surface area contributed by atoms with Crippen molar-refractivity contribution in [3.05, 3.63) is 39.7 Å². The molecule has 7 nitrogen and oxygen atoms in total. The summed E-state index contributed by atoms with van der Waals surface area (Å²) in [5, 5.41) is 10.8. The van der Waals surface area contributed by atoms with Gasteiger partial charge in [-0.25, -0.2) is 4.79 Å². The highest BCUT2D eigenvalue weighted by Gasteiger charge is 2.24. The highest BCUT2D eigenvalue weighted by Crippen LogP contribution is 2.28. The van der Waals surface area contributed by atoms with E-state index in [9.17, 15) is 14.7 Å². The molecule has 150 valence electrons. The minimum atomic E-state index is -0.397. The van der Waals surface area contributed by atoms with Gasteiger partial charge in [0, 0.05) is 62.8 Å². The second-order valence-corrected chi connectivity index (χ2v) is 7.82. The van der Waals surface area contributed by atoms with Crippen LogP contribution in [0.1, 0.15) is 24.0 Å². The summed E-state index contributed by atoms with van der Waals surface area (Å²) in [6.45, 7) is 8.11. The normalized spacial score (nSPS) is 18.8. The number of phenols is 1. The fourth-order valence-electron chi connectivity index (χ4n) is 4.15. The van der Waals surface area contributed by atoms with Gasteiger partial charge in [0.15, 0.2) is 0 Å². The minimum Gasteiger partial charge on any atom is -0.508 e. The van der Waals surface area contributed by atoms with E-state index in [0.717, 1.165) is 63.1 Å². The first-order chi connectivity index (χ1) is 13.5. The molecule has 28 heavy (non-hydrogen) atoms. The van der Waals surface area contributed by atoms with Gasteiger partial charge in [-0.3, -0.25) is 14.6 Å². The number of benzene rings is 1. The predicted molar refractivity (Wildman–Crippen MR) is 106 cm³/mol. The van der Waals surface area contributed by atoms with Gasteiger partial charge in [0.2, 0.25) is 5.91 Å². The van der Waals surface area contributed by atoms with Crippen molar-refractivity contribution in [3.8, 4) is 5.75 Å². The number of amides is 1. The fraction of sp³-hybridized carbons (Fsp3) is 0.524. The topological polar surface area (TPSA) is 77.2 Å². The van der Waals surface area contributed by atoms with E-state index in [2.05, 4.69) is 9.80 Å². The maximum atomic E-state index is 12.3. The molecule has 1 aromatic carbocycles. The number of rotatable bonds is 4. The van der Waals surface area contributed by atoms with Gasteiger partial charge < -0.3 is 14.4 Å². The van der Waals surface area contributed by atoms with Crippen molar-refractivity contribution in [2.45, 2.75) is 26.3 Å². The average Bonchev–Trinajstić information content (AvgIpc) is 3.21. The lowest BCUT2D eigenvalue weighted by Gasteiger charge is -2.35. The lowest BCUT2D eigenvalue weighted by atomic mass is 10.1. The van der Waals surface area contributed by atoms with Gasteiger partial charge in [-0.2, -0.15) is 0 Å². The highest BCUT2D eigenvalue weighted by atomic mass is 16.4. The molecule has 2 aliphatic heterocycles. The molecule has 2 saturated heterocycles. The smallest absolute Gasteiger partial charge is 0.336 e. The molecular formula is C21H27N3O4. The molecule has 0 aliphatic carbocycles. The summed E-state index contributed by atoms with van der Waals surface area (Å²) >= 11 is 0. The predicted octanol–water partition coefficient (Wildman–Crippen LogP) is 1.55. The molecular weight excluding hydrogens is 358 g/mol. The molecule has 2 aliphatic rings. The van der Waals surface area contributed by atoms with E-state index in [4.69, 9.17) is 4.42 Å². The lowest BCUT2D eigenvalue weighted by Crippen LogP contribution is -2.49. The van der Waals surface area contributed by atoms with Crippen molar-refractivity contribution in [1.29, 1.82) is 0 Å². The van der Waals surface area contributed by atoms with Crippen molar-refractivity contribution in [3.63, 3.8) is 0 Å². The van der Waals surface area contributed by atoms with E-state index in [0.29, 0.717) is 24.2 Å². The number of nitrogens with zero attached hydrogens (tertiary/aromatic N) is 3. The second kappa shape index (κ2) is 7.93. The van der Waals surface area contributed by atoms with E-state index < -0.39 is 5.63 Å². The summed E-state index contributed by atoms with van der Waals surface area (Å²) in [6, 6.07) is 4.99. The van der Waals surface area contributed by atoms with Crippen LogP contribution in [0.2, 0.25) is 0 Å². The van der Waals surface area contributed by atoms with Crippen LogP contribution < -0.4 is 5.63 Å². The van der Waals surface area contributed by atoms with E-state index in [1.54, 1.807) is 25.1 Å². The van der Waals surface area contributed by atoms with Crippen LogP contribution >= 0.6 is 0 Å². The van der Waals surface area contributed by atoms with Gasteiger partial charge in [0.1, 0.15) is 11.3 Å². The van der Waals surface area contributed by atoms with Crippen LogP contribution in [-0.2, 0) is 11.3 Å². The monoisotopic (exact) mass is 385 g/mol. The molecule has 0 radical (unpaired) electrons. The first-order valence-corrected chi connectivity index (χ1v) is 9.99. The van der Waals surface area contributed by atoms with Gasteiger partial charge in [-0.15, -0.1) is 0 Å². The average molecular weight is 385 g/mol. The zero-order valence-electron chi connectivity index (χ0n) is 16.3. The number of carbonyl (C=O) groups excluding carboxylic acids is 1. The van der Waals surface area contributed by atoms with Crippen molar-refractivity contribution < 1.29 is 14.3 Å². The summed E-state index contributed by atoms with van der Waals surface area (Å²) in [4.78, 5) is 30.8. The Kier molecular flexibility index (Phi) is 5.37. The van der Waals surface area contributed by atoms with E-state index in [1.165, 1.54) is 0 Å². The Bertz CT molecular complexity index is 925. The van der Waals surface area contributed by atoms with Gasteiger partial charge in [-0.05, 0) is 37.5 Å². The molecule has 4 rings (SSSR count). The number of piperazine rings is 1. The van der Waals surface area contributed by atoms with Crippen molar-refractivity contribution in [1.82, 2.24) is 14.7 Å². The molecule has 1 N–H and O–H groups in total. The van der Waals surface area contributed by atoms with E-state index >= 15 is 0 Å². The third-order valence-electron chi connectivity index (χ3n) is 5.89. The summed E-state index contributed by atoms with van der Waals surface area (Å²) < 4.78 is 5.33. The molecule has 0 spiro atoms. The van der Waals surface area contributed by atoms with Crippen molar-refractivity contribution in [2.75, 3.05) is 45.8 Å². The number of phenolic OH excluding ortho intramolecular Hbond substituents is 1. The Morgan fingerprint density at radius 1 is 1.07 bits per heavy atom. The molecule has 7 heteroatoms. The maximum Gasteiger partial charge on any atom is 0.336 e. The molecule has 1 aromatic heterocycles. The Morgan fingerprint density at radius 2 is 1.75 bits per heavy atom. The van der Waals surface area contributed by atoms with Crippen molar-refractivity contribution >= 4 is 16.9 Å². The Labute approximate surface area is 164 Å². The number of hydrogen-bond donors (Lipinski definition) is 1. The van der Waals surface area contributed by atoms with Crippen LogP contribution in [0, 0.1) is 6.92 Å². The first kappa shape index (κ1) is 19.0. The van der Waals surface area contributed by atoms with E-state index in [-0.39, 0.29) is 11.7 Å². The number of aromatic hydroxyl groups is 1. The number of aryl methyl sites for hydroxylation is 1. The molecule has 0 bridgehead atoms. The van der Waals surface area contributed by atoms with Crippen molar-refractivity contribution in [2.24, 2.45) is 0 Å². The fourth-order valence-corrected chi connectivity index (χ4v) is 4.15. The SMILES string of the molecule is Cc1c(O)ccc2c(CN3CCN(CC(=O)N4CCCC4)CC3)cc(=O)oc12. The third-order valence-corrected chi connectivity index (χ3v) is 5.89. The Balaban J connectivity index is 1.40. The zero-order valence-corrected chi connectivity index (χ0v) is 16.3. The standard InChI is InChI=1S/C21H27N3O4/c1-15-18(25)5-4-17-16(12-20(27)28-21(15)17)13-22-8-10-23(11-9-22)14-19(26)24-6-2-3-7-24/h4-5,12,25H,2-3,6-11,13-14H2,1H3. The number of likely N-dealkylation sites (tertiary alicyclic amines) is 1. The molecule has 0 atom stereocenters.